The van der Waals surface area contributed by atoms with E-state index in [2.05, 4.69) is 38.7 Å². The number of aryl methyl sites for hydroxylation is 2. The largest absolute Gasteiger partial charge is 0.471 e. The lowest BCUT2D eigenvalue weighted by Gasteiger charge is -2.29. The molecule has 0 radical (unpaired) electrons. The Kier molecular flexibility index (Phi) is 4.86. The van der Waals surface area contributed by atoms with Crippen LogP contribution in [0.1, 0.15) is 38.9 Å². The highest BCUT2D eigenvalue weighted by molar-refractivity contribution is 5.81. The molecule has 5 rings (SSSR count). The summed E-state index contributed by atoms with van der Waals surface area (Å²) in [5.74, 6) is 2.37. The molecular formula is C21H27N7O2. The zero-order chi connectivity index (χ0) is 20.8. The van der Waals surface area contributed by atoms with Gasteiger partial charge in [-0.2, -0.15) is 4.98 Å². The van der Waals surface area contributed by atoms with Gasteiger partial charge in [-0.05, 0) is 46.0 Å². The van der Waals surface area contributed by atoms with Gasteiger partial charge in [0.2, 0.25) is 5.88 Å². The Morgan fingerprint density at radius 3 is 2.63 bits per heavy atom. The van der Waals surface area contributed by atoms with Crippen molar-refractivity contribution in [1.82, 2.24) is 34.4 Å². The molecule has 3 unspecified atom stereocenters. The molecule has 3 atom stereocenters. The number of fused-ring (bicyclic) bond motifs is 1. The summed E-state index contributed by atoms with van der Waals surface area (Å²) in [4.78, 5) is 24.4. The lowest BCUT2D eigenvalue weighted by molar-refractivity contribution is -0.0284. The summed E-state index contributed by atoms with van der Waals surface area (Å²) in [7, 11) is 0. The zero-order valence-corrected chi connectivity index (χ0v) is 17.6. The maximum absolute atomic E-state index is 10.5. The minimum absolute atomic E-state index is 0.0468. The monoisotopic (exact) mass is 409 g/mol. The molecule has 0 spiro atoms. The van der Waals surface area contributed by atoms with Crippen LogP contribution in [0.4, 0.5) is 0 Å². The standard InChI is InChI=1S/C21H27N7O2/c1-4-27-18(15-9-22-13(3)23-10-15)26-17-19(27)24-11-25-20(17)30-16-7-8-28(12(16)2)21(29)14-5-6-14/h9-12,14,16,21,29H,4-8H2,1-3H3. The Balaban J connectivity index is 1.46. The van der Waals surface area contributed by atoms with Gasteiger partial charge in [0.15, 0.2) is 11.2 Å². The molecule has 1 aliphatic carbocycles. The molecule has 0 aromatic carbocycles. The smallest absolute Gasteiger partial charge is 0.245 e. The number of likely N-dealkylation sites (tertiary alicyclic amines) is 1. The molecule has 158 valence electrons. The molecule has 4 heterocycles. The van der Waals surface area contributed by atoms with E-state index < -0.39 is 0 Å². The van der Waals surface area contributed by atoms with E-state index in [4.69, 9.17) is 9.72 Å². The predicted molar refractivity (Wildman–Crippen MR) is 111 cm³/mol. The second-order valence-corrected chi connectivity index (χ2v) is 8.22. The number of aromatic nitrogens is 6. The zero-order valence-electron chi connectivity index (χ0n) is 17.6. The third-order valence-electron chi connectivity index (χ3n) is 6.23. The molecule has 1 N–H and O–H groups in total. The van der Waals surface area contributed by atoms with E-state index in [1.807, 2.05) is 11.5 Å². The van der Waals surface area contributed by atoms with Crippen molar-refractivity contribution in [2.75, 3.05) is 6.54 Å². The number of aliphatic hydroxyl groups is 1. The van der Waals surface area contributed by atoms with Crippen LogP contribution in [0, 0.1) is 12.8 Å². The first-order chi connectivity index (χ1) is 14.6. The Hall–Kier alpha value is -2.65. The average molecular weight is 409 g/mol. The van der Waals surface area contributed by atoms with Crippen molar-refractivity contribution in [3.8, 4) is 17.3 Å². The van der Waals surface area contributed by atoms with Gasteiger partial charge in [0.1, 0.15) is 30.3 Å². The summed E-state index contributed by atoms with van der Waals surface area (Å²) in [6.07, 6.45) is 7.74. The van der Waals surface area contributed by atoms with Crippen LogP contribution in [-0.4, -0.2) is 64.4 Å². The fourth-order valence-corrected chi connectivity index (χ4v) is 4.30. The maximum Gasteiger partial charge on any atom is 0.245 e. The van der Waals surface area contributed by atoms with Crippen LogP contribution in [0.5, 0.6) is 5.88 Å². The summed E-state index contributed by atoms with van der Waals surface area (Å²) in [5.41, 5.74) is 2.21. The van der Waals surface area contributed by atoms with Gasteiger partial charge in [0.05, 0.1) is 5.56 Å². The lowest BCUT2D eigenvalue weighted by Crippen LogP contribution is -2.43. The van der Waals surface area contributed by atoms with Crippen molar-refractivity contribution in [2.45, 2.75) is 65.0 Å². The van der Waals surface area contributed by atoms with Gasteiger partial charge >= 0.3 is 0 Å². The Labute approximate surface area is 175 Å². The molecule has 3 aromatic rings. The first-order valence-corrected chi connectivity index (χ1v) is 10.7. The summed E-state index contributed by atoms with van der Waals surface area (Å²) in [6, 6.07) is 0.115. The number of imidazole rings is 1. The number of aliphatic hydroxyl groups excluding tert-OH is 1. The molecule has 9 nitrogen and oxygen atoms in total. The van der Waals surface area contributed by atoms with Crippen LogP contribution in [0.3, 0.4) is 0 Å². The molecule has 3 aromatic heterocycles. The molecule has 1 aliphatic heterocycles. The van der Waals surface area contributed by atoms with Crippen molar-refractivity contribution in [2.24, 2.45) is 5.92 Å². The first kappa shape index (κ1) is 19.3. The molecule has 0 bridgehead atoms. The van der Waals surface area contributed by atoms with Crippen molar-refractivity contribution in [1.29, 1.82) is 0 Å². The van der Waals surface area contributed by atoms with E-state index >= 15 is 0 Å². The van der Waals surface area contributed by atoms with E-state index in [0.29, 0.717) is 23.9 Å². The van der Waals surface area contributed by atoms with Crippen LogP contribution in [0.25, 0.3) is 22.6 Å². The molecular weight excluding hydrogens is 382 g/mol. The van der Waals surface area contributed by atoms with Gasteiger partial charge in [-0.15, -0.1) is 0 Å². The fourth-order valence-electron chi connectivity index (χ4n) is 4.30. The molecule has 1 saturated carbocycles. The average Bonchev–Trinajstić information content (AvgIpc) is 3.45. The van der Waals surface area contributed by atoms with Crippen LogP contribution < -0.4 is 4.74 Å². The Morgan fingerprint density at radius 2 is 1.93 bits per heavy atom. The summed E-state index contributed by atoms with van der Waals surface area (Å²) in [6.45, 7) is 7.56. The topological polar surface area (TPSA) is 102 Å². The molecule has 9 heteroatoms. The van der Waals surface area contributed by atoms with E-state index in [9.17, 15) is 5.11 Å². The van der Waals surface area contributed by atoms with Gasteiger partial charge in [0, 0.05) is 31.5 Å². The van der Waals surface area contributed by atoms with Gasteiger partial charge in [-0.1, -0.05) is 0 Å². The van der Waals surface area contributed by atoms with Crippen molar-refractivity contribution in [3.05, 3.63) is 24.5 Å². The quantitative estimate of drug-likeness (QED) is 0.661. The van der Waals surface area contributed by atoms with Crippen molar-refractivity contribution in [3.63, 3.8) is 0 Å². The van der Waals surface area contributed by atoms with E-state index in [1.165, 1.54) is 6.33 Å². The number of rotatable bonds is 6. The molecule has 2 aliphatic rings. The molecule has 30 heavy (non-hydrogen) atoms. The highest BCUT2D eigenvalue weighted by atomic mass is 16.5. The predicted octanol–water partition coefficient (Wildman–Crippen LogP) is 2.18. The normalized spacial score (nSPS) is 23.2. The second-order valence-electron chi connectivity index (χ2n) is 8.22. The number of hydrogen-bond donors (Lipinski definition) is 1. The molecule has 0 amide bonds. The van der Waals surface area contributed by atoms with E-state index in [0.717, 1.165) is 48.7 Å². The van der Waals surface area contributed by atoms with Crippen molar-refractivity contribution >= 4 is 11.2 Å². The number of ether oxygens (including phenoxy) is 1. The minimum Gasteiger partial charge on any atom is -0.471 e. The van der Waals surface area contributed by atoms with Gasteiger partial charge in [-0.25, -0.2) is 19.9 Å². The molecule has 1 saturated heterocycles. The van der Waals surface area contributed by atoms with Crippen LogP contribution >= 0.6 is 0 Å². The second kappa shape index (κ2) is 7.55. The van der Waals surface area contributed by atoms with Crippen LogP contribution in [0.2, 0.25) is 0 Å². The number of nitrogens with zero attached hydrogens (tertiary/aromatic N) is 7. The highest BCUT2D eigenvalue weighted by Gasteiger charge is 2.42. The summed E-state index contributed by atoms with van der Waals surface area (Å²) < 4.78 is 8.37. The SMILES string of the molecule is CCn1c(-c2cnc(C)nc2)nc2c(OC3CCN(C(O)C4CC4)C3C)ncnc21. The summed E-state index contributed by atoms with van der Waals surface area (Å²) in [5, 5.41) is 10.5. The van der Waals surface area contributed by atoms with Crippen molar-refractivity contribution < 1.29 is 9.84 Å². The first-order valence-electron chi connectivity index (χ1n) is 10.7. The number of hydrogen-bond acceptors (Lipinski definition) is 8. The fraction of sp³-hybridized carbons (Fsp3) is 0.571. The van der Waals surface area contributed by atoms with Gasteiger partial charge in [0.25, 0.3) is 0 Å². The highest BCUT2D eigenvalue weighted by Crippen LogP contribution is 2.37. The minimum atomic E-state index is -0.369. The van der Waals surface area contributed by atoms with E-state index in [1.54, 1.807) is 12.4 Å². The maximum atomic E-state index is 10.5. The third-order valence-corrected chi connectivity index (χ3v) is 6.23. The lowest BCUT2D eigenvalue weighted by atomic mass is 10.2. The van der Waals surface area contributed by atoms with Crippen LogP contribution in [-0.2, 0) is 6.54 Å². The third kappa shape index (κ3) is 3.31. The van der Waals surface area contributed by atoms with Gasteiger partial charge < -0.3 is 14.4 Å². The Morgan fingerprint density at radius 1 is 1.17 bits per heavy atom. The Bertz CT molecular complexity index is 1050. The van der Waals surface area contributed by atoms with Crippen LogP contribution in [0.15, 0.2) is 18.7 Å². The summed E-state index contributed by atoms with van der Waals surface area (Å²) >= 11 is 0. The molecule has 2 fully saturated rings. The van der Waals surface area contributed by atoms with E-state index in [-0.39, 0.29) is 18.4 Å². The van der Waals surface area contributed by atoms with Gasteiger partial charge in [-0.3, -0.25) is 4.90 Å².